The number of carboxylic acids is 1. The molecule has 6 heteroatoms. The lowest BCUT2D eigenvalue weighted by atomic mass is 10.1. The van der Waals surface area contributed by atoms with E-state index in [1.165, 1.54) is 30.1 Å². The van der Waals surface area contributed by atoms with Crippen molar-refractivity contribution >= 4 is 17.8 Å². The molecule has 1 aliphatic rings. The van der Waals surface area contributed by atoms with Crippen molar-refractivity contribution in [2.45, 2.75) is 18.9 Å². The van der Waals surface area contributed by atoms with Crippen molar-refractivity contribution in [3.05, 3.63) is 35.4 Å². The van der Waals surface area contributed by atoms with Crippen molar-refractivity contribution in [1.29, 1.82) is 0 Å². The molecule has 1 atom stereocenters. The van der Waals surface area contributed by atoms with Crippen LogP contribution in [0.5, 0.6) is 0 Å². The van der Waals surface area contributed by atoms with E-state index in [1.54, 1.807) is 6.07 Å². The SMILES string of the molecule is CNC(=O)C1CCCN1C(=O)c1cccc(C(=O)O)c1. The third-order valence-electron chi connectivity index (χ3n) is 3.42. The molecule has 1 saturated heterocycles. The number of hydrogen-bond donors (Lipinski definition) is 2. The van der Waals surface area contributed by atoms with Gasteiger partial charge >= 0.3 is 5.97 Å². The normalized spacial score (nSPS) is 17.9. The summed E-state index contributed by atoms with van der Waals surface area (Å²) < 4.78 is 0. The summed E-state index contributed by atoms with van der Waals surface area (Å²) in [6.45, 7) is 0.508. The smallest absolute Gasteiger partial charge is 0.335 e. The molecule has 1 aromatic carbocycles. The largest absolute Gasteiger partial charge is 0.478 e. The van der Waals surface area contributed by atoms with Crippen molar-refractivity contribution in [2.75, 3.05) is 13.6 Å². The van der Waals surface area contributed by atoms with E-state index >= 15 is 0 Å². The first kappa shape index (κ1) is 14.0. The summed E-state index contributed by atoms with van der Waals surface area (Å²) in [6, 6.07) is 5.39. The molecule has 1 unspecified atom stereocenters. The Morgan fingerprint density at radius 1 is 1.30 bits per heavy atom. The predicted octanol–water partition coefficient (Wildman–Crippen LogP) is 0.735. The lowest BCUT2D eigenvalue weighted by molar-refractivity contribution is -0.124. The number of benzene rings is 1. The van der Waals surface area contributed by atoms with Crippen LogP contribution in [0.3, 0.4) is 0 Å². The van der Waals surface area contributed by atoms with Crippen LogP contribution >= 0.6 is 0 Å². The Labute approximate surface area is 116 Å². The minimum Gasteiger partial charge on any atom is -0.478 e. The first-order chi connectivity index (χ1) is 9.54. The molecule has 0 aromatic heterocycles. The molecule has 1 fully saturated rings. The molecule has 1 aliphatic heterocycles. The Kier molecular flexibility index (Phi) is 4.02. The van der Waals surface area contributed by atoms with Crippen LogP contribution in [0.15, 0.2) is 24.3 Å². The zero-order valence-electron chi connectivity index (χ0n) is 11.1. The first-order valence-electron chi connectivity index (χ1n) is 6.40. The molecule has 0 spiro atoms. The van der Waals surface area contributed by atoms with Crippen LogP contribution in [0.2, 0.25) is 0 Å². The van der Waals surface area contributed by atoms with E-state index in [1.807, 2.05) is 0 Å². The van der Waals surface area contributed by atoms with E-state index in [4.69, 9.17) is 5.11 Å². The van der Waals surface area contributed by atoms with Gasteiger partial charge < -0.3 is 15.3 Å². The van der Waals surface area contributed by atoms with Gasteiger partial charge in [0.05, 0.1) is 5.56 Å². The maximum atomic E-state index is 12.4. The van der Waals surface area contributed by atoms with Gasteiger partial charge in [-0.25, -0.2) is 4.79 Å². The van der Waals surface area contributed by atoms with Gasteiger partial charge in [-0.1, -0.05) is 6.07 Å². The van der Waals surface area contributed by atoms with Gasteiger partial charge in [0.15, 0.2) is 0 Å². The highest BCUT2D eigenvalue weighted by atomic mass is 16.4. The monoisotopic (exact) mass is 276 g/mol. The van der Waals surface area contributed by atoms with Gasteiger partial charge in [-0.05, 0) is 31.0 Å². The van der Waals surface area contributed by atoms with Crippen LogP contribution in [0.25, 0.3) is 0 Å². The molecule has 0 saturated carbocycles. The van der Waals surface area contributed by atoms with E-state index < -0.39 is 12.0 Å². The van der Waals surface area contributed by atoms with E-state index in [0.717, 1.165) is 6.42 Å². The number of amides is 2. The molecule has 2 N–H and O–H groups in total. The fourth-order valence-corrected chi connectivity index (χ4v) is 2.40. The molecular weight excluding hydrogens is 260 g/mol. The summed E-state index contributed by atoms with van der Waals surface area (Å²) in [5, 5.41) is 11.5. The number of carbonyl (C=O) groups excluding carboxylic acids is 2. The van der Waals surface area contributed by atoms with Gasteiger partial charge in [0, 0.05) is 19.2 Å². The minimum absolute atomic E-state index is 0.0616. The highest BCUT2D eigenvalue weighted by molar-refractivity contribution is 6.00. The minimum atomic E-state index is -1.08. The van der Waals surface area contributed by atoms with Crippen molar-refractivity contribution in [3.63, 3.8) is 0 Å². The molecule has 1 heterocycles. The number of nitrogens with one attached hydrogen (secondary N) is 1. The quantitative estimate of drug-likeness (QED) is 0.852. The van der Waals surface area contributed by atoms with E-state index in [9.17, 15) is 14.4 Å². The van der Waals surface area contributed by atoms with Crippen LogP contribution in [-0.4, -0.2) is 47.4 Å². The van der Waals surface area contributed by atoms with Gasteiger partial charge in [-0.15, -0.1) is 0 Å². The van der Waals surface area contributed by atoms with E-state index in [-0.39, 0.29) is 17.4 Å². The Balaban J connectivity index is 2.24. The number of rotatable bonds is 3. The van der Waals surface area contributed by atoms with Gasteiger partial charge in [0.25, 0.3) is 5.91 Å². The topological polar surface area (TPSA) is 86.7 Å². The highest BCUT2D eigenvalue weighted by Gasteiger charge is 2.34. The average molecular weight is 276 g/mol. The van der Waals surface area contributed by atoms with Crippen LogP contribution in [0, 0.1) is 0 Å². The number of likely N-dealkylation sites (tertiary alicyclic amines) is 1. The summed E-state index contributed by atoms with van der Waals surface area (Å²) in [5.74, 6) is -1.58. The van der Waals surface area contributed by atoms with Gasteiger partial charge in [0.2, 0.25) is 5.91 Å². The van der Waals surface area contributed by atoms with Crippen molar-refractivity contribution in [2.24, 2.45) is 0 Å². The standard InChI is InChI=1S/C14H16N2O4/c1-15-12(17)11-6-3-7-16(11)13(18)9-4-2-5-10(8-9)14(19)20/h2,4-5,8,11H,3,6-7H2,1H3,(H,15,17)(H,19,20). The summed E-state index contributed by atoms with van der Waals surface area (Å²) >= 11 is 0. The van der Waals surface area contributed by atoms with E-state index in [2.05, 4.69) is 5.32 Å². The second kappa shape index (κ2) is 5.73. The van der Waals surface area contributed by atoms with Crippen LogP contribution in [0.4, 0.5) is 0 Å². The van der Waals surface area contributed by atoms with Crippen LogP contribution in [0.1, 0.15) is 33.6 Å². The zero-order chi connectivity index (χ0) is 14.7. The average Bonchev–Trinajstić information content (AvgIpc) is 2.95. The van der Waals surface area contributed by atoms with Gasteiger partial charge in [-0.3, -0.25) is 9.59 Å². The molecule has 20 heavy (non-hydrogen) atoms. The molecule has 2 rings (SSSR count). The lowest BCUT2D eigenvalue weighted by Gasteiger charge is -2.23. The summed E-state index contributed by atoms with van der Waals surface area (Å²) in [6.07, 6.45) is 1.40. The zero-order valence-corrected chi connectivity index (χ0v) is 11.1. The number of likely N-dealkylation sites (N-methyl/N-ethyl adjacent to an activating group) is 1. The molecule has 2 amide bonds. The Hall–Kier alpha value is -2.37. The van der Waals surface area contributed by atoms with Crippen LogP contribution < -0.4 is 5.32 Å². The summed E-state index contributed by atoms with van der Waals surface area (Å²) in [5.41, 5.74) is 0.354. The Morgan fingerprint density at radius 3 is 2.65 bits per heavy atom. The second-order valence-corrected chi connectivity index (χ2v) is 4.66. The Bertz CT molecular complexity index is 556. The molecule has 0 aliphatic carbocycles. The number of aromatic carboxylic acids is 1. The molecule has 0 radical (unpaired) electrons. The predicted molar refractivity (Wildman–Crippen MR) is 71.5 cm³/mol. The number of hydrogen-bond acceptors (Lipinski definition) is 3. The maximum absolute atomic E-state index is 12.4. The number of nitrogens with zero attached hydrogens (tertiary/aromatic N) is 1. The number of carboxylic acid groups (broad SMARTS) is 1. The molecular formula is C14H16N2O4. The molecule has 0 bridgehead atoms. The molecule has 106 valence electrons. The second-order valence-electron chi connectivity index (χ2n) is 4.66. The highest BCUT2D eigenvalue weighted by Crippen LogP contribution is 2.20. The fourth-order valence-electron chi connectivity index (χ4n) is 2.40. The van der Waals surface area contributed by atoms with Gasteiger partial charge in [0.1, 0.15) is 6.04 Å². The van der Waals surface area contributed by atoms with E-state index in [0.29, 0.717) is 18.5 Å². The fraction of sp³-hybridized carbons (Fsp3) is 0.357. The Morgan fingerprint density at radius 2 is 2.00 bits per heavy atom. The first-order valence-corrected chi connectivity index (χ1v) is 6.40. The third kappa shape index (κ3) is 2.64. The lowest BCUT2D eigenvalue weighted by Crippen LogP contribution is -2.44. The maximum Gasteiger partial charge on any atom is 0.335 e. The summed E-state index contributed by atoms with van der Waals surface area (Å²) in [4.78, 5) is 36.6. The van der Waals surface area contributed by atoms with Crippen LogP contribution in [-0.2, 0) is 4.79 Å². The number of carbonyl (C=O) groups is 3. The van der Waals surface area contributed by atoms with Crippen molar-refractivity contribution in [3.8, 4) is 0 Å². The molecule has 6 nitrogen and oxygen atoms in total. The van der Waals surface area contributed by atoms with Crippen molar-refractivity contribution < 1.29 is 19.5 Å². The molecule has 1 aromatic rings. The third-order valence-corrected chi connectivity index (χ3v) is 3.42. The van der Waals surface area contributed by atoms with Gasteiger partial charge in [-0.2, -0.15) is 0 Å². The van der Waals surface area contributed by atoms with Crippen molar-refractivity contribution in [1.82, 2.24) is 10.2 Å². The summed E-state index contributed by atoms with van der Waals surface area (Å²) in [7, 11) is 1.54.